The van der Waals surface area contributed by atoms with E-state index in [0.29, 0.717) is 13.0 Å². The average Bonchev–Trinajstić information content (AvgIpc) is 3.91. The topological polar surface area (TPSA) is 123 Å². The van der Waals surface area contributed by atoms with Crippen molar-refractivity contribution in [3.63, 3.8) is 0 Å². The number of likely N-dealkylation sites (N-methyl/N-ethyl adjacent to an activating group) is 2. The number of benzene rings is 2. The molecule has 7 rings (SSSR count). The molecule has 2 atom stereocenters. The monoisotopic (exact) mass is 760 g/mol. The van der Waals surface area contributed by atoms with Gasteiger partial charge in [0.1, 0.15) is 35.5 Å². The molecule has 5 heterocycles. The Bertz CT molecular complexity index is 2140. The van der Waals surface area contributed by atoms with Crippen LogP contribution in [0, 0.1) is 5.82 Å². The summed E-state index contributed by atoms with van der Waals surface area (Å²) in [5, 5.41) is 7.72. The maximum Gasteiger partial charge on any atom is 0.242 e. The van der Waals surface area contributed by atoms with Crippen molar-refractivity contribution in [2.24, 2.45) is 0 Å². The number of aromatic nitrogens is 4. The molecule has 2 unspecified atom stereocenters. The van der Waals surface area contributed by atoms with Crippen LogP contribution in [0.5, 0.6) is 0 Å². The van der Waals surface area contributed by atoms with Crippen LogP contribution < -0.4 is 24.9 Å². The van der Waals surface area contributed by atoms with Crippen LogP contribution >= 0.6 is 0 Å². The van der Waals surface area contributed by atoms with Crippen molar-refractivity contribution in [2.75, 3.05) is 79.5 Å². The molecule has 2 fully saturated rings. The summed E-state index contributed by atoms with van der Waals surface area (Å²) in [4.78, 5) is 56.4. The van der Waals surface area contributed by atoms with Crippen LogP contribution in [0.15, 0.2) is 85.1 Å². The number of hydrogen-bond donors (Lipinski definition) is 1. The van der Waals surface area contributed by atoms with E-state index in [4.69, 9.17) is 10.1 Å². The molecule has 292 valence electrons. The number of hydrogen-bond acceptors (Lipinski definition) is 10. The molecule has 0 aliphatic carbocycles. The highest BCUT2D eigenvalue weighted by molar-refractivity contribution is 5.89. The number of nitrogens with zero attached hydrogens (tertiary/aromatic N) is 9. The Labute approximate surface area is 326 Å². The number of rotatable bonds is 16. The molecule has 0 radical (unpaired) electrons. The fraction of sp³-hybridized carbons (Fsp3) is 0.381. The van der Waals surface area contributed by atoms with Crippen LogP contribution in [0.3, 0.4) is 0 Å². The van der Waals surface area contributed by atoms with Gasteiger partial charge >= 0.3 is 0 Å². The number of pyridine rings is 1. The quantitative estimate of drug-likeness (QED) is 0.138. The number of anilines is 4. The van der Waals surface area contributed by atoms with Crippen LogP contribution in [0.2, 0.25) is 0 Å². The summed E-state index contributed by atoms with van der Waals surface area (Å²) in [6.07, 6.45) is 6.84. The molecule has 5 aromatic rings. The van der Waals surface area contributed by atoms with Crippen molar-refractivity contribution < 1.29 is 18.8 Å². The van der Waals surface area contributed by atoms with Gasteiger partial charge in [-0.15, -0.1) is 5.10 Å². The summed E-state index contributed by atoms with van der Waals surface area (Å²) in [7, 11) is 3.40. The van der Waals surface area contributed by atoms with Gasteiger partial charge in [-0.1, -0.05) is 30.3 Å². The lowest BCUT2D eigenvalue weighted by Gasteiger charge is -2.36. The highest BCUT2D eigenvalue weighted by atomic mass is 19.1. The number of halogens is 1. The Morgan fingerprint density at radius 2 is 1.77 bits per heavy atom. The van der Waals surface area contributed by atoms with Crippen molar-refractivity contribution in [1.29, 1.82) is 0 Å². The summed E-state index contributed by atoms with van der Waals surface area (Å²) in [6.45, 7) is 5.55. The third-order valence-corrected chi connectivity index (χ3v) is 11.0. The van der Waals surface area contributed by atoms with Crippen LogP contribution in [0.25, 0.3) is 17.0 Å². The molecule has 14 heteroatoms. The molecule has 1 N–H and O–H groups in total. The third kappa shape index (κ3) is 8.35. The Hall–Kier alpha value is -5.89. The van der Waals surface area contributed by atoms with E-state index in [0.717, 1.165) is 117 Å². The van der Waals surface area contributed by atoms with Gasteiger partial charge in [-0.05, 0) is 86.3 Å². The minimum atomic E-state index is -0.544. The predicted molar refractivity (Wildman–Crippen MR) is 217 cm³/mol. The minimum absolute atomic E-state index is 0.0606. The van der Waals surface area contributed by atoms with E-state index >= 15 is 0 Å². The number of para-hydroxylation sites is 2. The van der Waals surface area contributed by atoms with E-state index in [2.05, 4.69) is 25.0 Å². The zero-order valence-electron chi connectivity index (χ0n) is 32.0. The molecule has 2 amide bonds. The van der Waals surface area contributed by atoms with Gasteiger partial charge in [-0.2, -0.15) is 0 Å². The number of carbonyl (C=O) groups is 3. The Kier molecular flexibility index (Phi) is 12.1. The van der Waals surface area contributed by atoms with E-state index in [1.807, 2.05) is 83.3 Å². The molecule has 0 saturated carbocycles. The first kappa shape index (κ1) is 38.4. The van der Waals surface area contributed by atoms with Gasteiger partial charge in [0.15, 0.2) is 5.65 Å². The molecule has 56 heavy (non-hydrogen) atoms. The number of piperazine rings is 1. The molecule has 13 nitrogen and oxygen atoms in total. The Balaban J connectivity index is 0.970. The maximum atomic E-state index is 14.1. The zero-order chi connectivity index (χ0) is 39.0. The predicted octanol–water partition coefficient (Wildman–Crippen LogP) is 4.98. The summed E-state index contributed by atoms with van der Waals surface area (Å²) in [6, 6.07) is 23.9. The summed E-state index contributed by atoms with van der Waals surface area (Å²) in [5.74, 6) is 1.31. The molecular weight excluding hydrogens is 712 g/mol. The number of nitrogens with one attached hydrogen (secondary N) is 1. The van der Waals surface area contributed by atoms with Gasteiger partial charge in [0.2, 0.25) is 12.3 Å². The van der Waals surface area contributed by atoms with E-state index in [1.165, 1.54) is 6.07 Å². The smallest absolute Gasteiger partial charge is 0.242 e. The highest BCUT2D eigenvalue weighted by Crippen LogP contribution is 2.36. The Morgan fingerprint density at radius 1 is 0.964 bits per heavy atom. The lowest BCUT2D eigenvalue weighted by molar-refractivity contribution is -0.122. The first-order valence-electron chi connectivity index (χ1n) is 19.4. The van der Waals surface area contributed by atoms with Gasteiger partial charge < -0.3 is 29.7 Å². The number of imidazole rings is 1. The molecule has 3 aromatic heterocycles. The zero-order valence-corrected chi connectivity index (χ0v) is 32.0. The molecule has 2 aliphatic rings. The molecule has 2 aliphatic heterocycles. The van der Waals surface area contributed by atoms with Crippen molar-refractivity contribution in [3.8, 4) is 11.4 Å². The molecular formula is C42H49FN10O3. The van der Waals surface area contributed by atoms with Gasteiger partial charge in [0.05, 0.1) is 29.3 Å². The van der Waals surface area contributed by atoms with Crippen LogP contribution in [-0.2, 0) is 14.4 Å². The molecule has 2 aromatic carbocycles. The Morgan fingerprint density at radius 3 is 2.54 bits per heavy atom. The van der Waals surface area contributed by atoms with Crippen LogP contribution in [0.1, 0.15) is 43.7 Å². The van der Waals surface area contributed by atoms with Crippen LogP contribution in [-0.4, -0.2) is 109 Å². The lowest BCUT2D eigenvalue weighted by atomic mass is 10.0. The summed E-state index contributed by atoms with van der Waals surface area (Å²) < 4.78 is 16.0. The SMILES string of the molecule is CNC(=O)C(CCC=O)N(C)c1ccccc1N(C=O)CCCN1CCN(c2cccc(-c3cnc4ccc(N5CCCC5c5cccc(F)c5)nn34)n2)CC1. The normalized spacial score (nSPS) is 16.5. The first-order chi connectivity index (χ1) is 27.4. The average molecular weight is 761 g/mol. The van der Waals surface area contributed by atoms with E-state index in [9.17, 15) is 18.8 Å². The van der Waals surface area contributed by atoms with Gasteiger partial charge in [0, 0.05) is 59.8 Å². The van der Waals surface area contributed by atoms with Gasteiger partial charge in [-0.3, -0.25) is 14.5 Å². The van der Waals surface area contributed by atoms with Gasteiger partial charge in [-0.25, -0.2) is 18.9 Å². The summed E-state index contributed by atoms with van der Waals surface area (Å²) in [5.41, 5.74) is 4.76. The van der Waals surface area contributed by atoms with Crippen LogP contribution in [0.4, 0.5) is 27.4 Å². The third-order valence-electron chi connectivity index (χ3n) is 11.0. The van der Waals surface area contributed by atoms with Crippen molar-refractivity contribution in [2.45, 2.75) is 44.2 Å². The highest BCUT2D eigenvalue weighted by Gasteiger charge is 2.29. The molecule has 2 saturated heterocycles. The minimum Gasteiger partial charge on any atom is -0.361 e. The fourth-order valence-electron chi connectivity index (χ4n) is 8.00. The fourth-order valence-corrected chi connectivity index (χ4v) is 8.00. The number of amides is 2. The number of fused-ring (bicyclic) bond motifs is 1. The number of carbonyl (C=O) groups excluding carboxylic acids is 3. The van der Waals surface area contributed by atoms with Crippen molar-refractivity contribution >= 4 is 47.3 Å². The van der Waals surface area contributed by atoms with Gasteiger partial charge in [0.25, 0.3) is 0 Å². The maximum absolute atomic E-state index is 14.1. The largest absolute Gasteiger partial charge is 0.361 e. The first-order valence-corrected chi connectivity index (χ1v) is 19.4. The second-order valence-electron chi connectivity index (χ2n) is 14.3. The molecule has 0 spiro atoms. The van der Waals surface area contributed by atoms with E-state index in [1.54, 1.807) is 24.1 Å². The van der Waals surface area contributed by atoms with E-state index in [-0.39, 0.29) is 24.2 Å². The van der Waals surface area contributed by atoms with Crippen molar-refractivity contribution in [3.05, 3.63) is 96.4 Å². The number of aldehydes is 1. The lowest BCUT2D eigenvalue weighted by Crippen LogP contribution is -2.47. The summed E-state index contributed by atoms with van der Waals surface area (Å²) >= 11 is 0. The van der Waals surface area contributed by atoms with E-state index < -0.39 is 6.04 Å². The standard InChI is InChI=1S/C42H49FN10O3/c1-44-42(56)37(16-8-27-54)48(2)35-13-3-4-14-36(35)51(30-55)21-9-20-49-23-25-50(26-24-49)40-17-6-12-33(46-40)38-29-45-39-18-19-41(47-53(38)39)52-22-7-15-34(52)31-10-5-11-32(43)28-31/h3-6,10-14,17-19,27-30,34,37H,7-9,15-16,20-26H2,1-2H3,(H,44,56). The second-order valence-corrected chi connectivity index (χ2v) is 14.3. The molecule has 0 bridgehead atoms. The second kappa shape index (κ2) is 17.7. The van der Waals surface area contributed by atoms with Crippen molar-refractivity contribution in [1.82, 2.24) is 29.8 Å².